The van der Waals surface area contributed by atoms with Gasteiger partial charge in [0.05, 0.1) is 24.3 Å². The molecule has 0 aromatic heterocycles. The second-order valence-corrected chi connectivity index (χ2v) is 3.30. The zero-order valence-corrected chi connectivity index (χ0v) is 10.2. The number of aliphatic hydroxyl groups excluding tert-OH is 2. The Labute approximate surface area is 109 Å². The Morgan fingerprint density at radius 1 is 0.842 bits per heavy atom. The summed E-state index contributed by atoms with van der Waals surface area (Å²) in [5.41, 5.74) is 0.560. The third-order valence-corrected chi connectivity index (χ3v) is 2.01. The van der Waals surface area contributed by atoms with Crippen molar-refractivity contribution in [1.82, 2.24) is 0 Å². The molecule has 0 saturated carbocycles. The third-order valence-electron chi connectivity index (χ3n) is 2.01. The standard InChI is InChI=1S/C12H14O6.H2O/c13-5-7-17-11(15)9-1-2-10(4-3-9)12(16)18-8-6-14;/h1-4,13-14H,5-8H2;1H2. The predicted octanol–water partition coefficient (Wildman–Crippen LogP) is -0.840. The van der Waals surface area contributed by atoms with Crippen LogP contribution in [0.2, 0.25) is 0 Å². The molecule has 0 aliphatic carbocycles. The molecule has 106 valence electrons. The van der Waals surface area contributed by atoms with Gasteiger partial charge in [0.1, 0.15) is 13.2 Å². The van der Waals surface area contributed by atoms with E-state index in [0.717, 1.165) is 0 Å². The maximum Gasteiger partial charge on any atom is 0.338 e. The molecule has 0 atom stereocenters. The molecule has 19 heavy (non-hydrogen) atoms. The molecule has 0 spiro atoms. The van der Waals surface area contributed by atoms with Crippen molar-refractivity contribution in [2.45, 2.75) is 0 Å². The van der Waals surface area contributed by atoms with Gasteiger partial charge in [-0.2, -0.15) is 0 Å². The Kier molecular flexibility index (Phi) is 8.10. The summed E-state index contributed by atoms with van der Waals surface area (Å²) in [5, 5.41) is 17.0. The van der Waals surface area contributed by atoms with E-state index in [1.165, 1.54) is 24.3 Å². The topological polar surface area (TPSA) is 125 Å². The molecule has 0 radical (unpaired) electrons. The summed E-state index contributed by atoms with van der Waals surface area (Å²) in [6.07, 6.45) is 0. The van der Waals surface area contributed by atoms with Crippen molar-refractivity contribution in [3.63, 3.8) is 0 Å². The highest BCUT2D eigenvalue weighted by atomic mass is 16.5. The first kappa shape index (κ1) is 17.0. The van der Waals surface area contributed by atoms with Crippen molar-refractivity contribution in [2.24, 2.45) is 0 Å². The lowest BCUT2D eigenvalue weighted by atomic mass is 10.1. The van der Waals surface area contributed by atoms with Gasteiger partial charge in [0.15, 0.2) is 0 Å². The van der Waals surface area contributed by atoms with Gasteiger partial charge in [0, 0.05) is 0 Å². The molecule has 0 unspecified atom stereocenters. The fourth-order valence-electron chi connectivity index (χ4n) is 1.19. The second kappa shape index (κ2) is 9.03. The van der Waals surface area contributed by atoms with Crippen LogP contribution < -0.4 is 0 Å². The summed E-state index contributed by atoms with van der Waals surface area (Å²) in [6, 6.07) is 5.70. The summed E-state index contributed by atoms with van der Waals surface area (Å²) >= 11 is 0. The molecule has 0 bridgehead atoms. The van der Waals surface area contributed by atoms with Crippen LogP contribution in [0.4, 0.5) is 0 Å². The first-order valence-electron chi connectivity index (χ1n) is 5.35. The fraction of sp³-hybridized carbons (Fsp3) is 0.333. The minimum atomic E-state index is -0.570. The van der Waals surface area contributed by atoms with Gasteiger partial charge in [-0.15, -0.1) is 0 Å². The van der Waals surface area contributed by atoms with Gasteiger partial charge in [-0.25, -0.2) is 9.59 Å². The van der Waals surface area contributed by atoms with Crippen LogP contribution in [0.1, 0.15) is 20.7 Å². The number of aliphatic hydroxyl groups is 2. The molecule has 0 saturated heterocycles. The highest BCUT2D eigenvalue weighted by Gasteiger charge is 2.10. The molecule has 7 heteroatoms. The van der Waals surface area contributed by atoms with Gasteiger partial charge in [0.2, 0.25) is 0 Å². The number of hydrogen-bond donors (Lipinski definition) is 2. The number of ether oxygens (including phenoxy) is 2. The highest BCUT2D eigenvalue weighted by molar-refractivity contribution is 5.93. The first-order chi connectivity index (χ1) is 8.69. The van der Waals surface area contributed by atoms with Crippen molar-refractivity contribution in [2.75, 3.05) is 26.4 Å². The number of hydrogen-bond acceptors (Lipinski definition) is 6. The first-order valence-corrected chi connectivity index (χ1v) is 5.35. The van der Waals surface area contributed by atoms with E-state index < -0.39 is 11.9 Å². The molecule has 4 N–H and O–H groups in total. The van der Waals surface area contributed by atoms with Gasteiger partial charge in [0.25, 0.3) is 0 Å². The van der Waals surface area contributed by atoms with Crippen molar-refractivity contribution >= 4 is 11.9 Å². The zero-order chi connectivity index (χ0) is 13.4. The van der Waals surface area contributed by atoms with E-state index in [-0.39, 0.29) is 43.0 Å². The van der Waals surface area contributed by atoms with Crippen LogP contribution in [0.5, 0.6) is 0 Å². The number of carbonyl (C=O) groups is 2. The molecule has 7 nitrogen and oxygen atoms in total. The van der Waals surface area contributed by atoms with Crippen LogP contribution in [0, 0.1) is 0 Å². The summed E-state index contributed by atoms with van der Waals surface area (Å²) < 4.78 is 9.41. The van der Waals surface area contributed by atoms with Crippen molar-refractivity contribution in [3.8, 4) is 0 Å². The van der Waals surface area contributed by atoms with Crippen LogP contribution in [0.3, 0.4) is 0 Å². The Bertz CT molecular complexity index is 360. The average Bonchev–Trinajstić information content (AvgIpc) is 2.42. The summed E-state index contributed by atoms with van der Waals surface area (Å²) in [4.78, 5) is 22.7. The Morgan fingerprint density at radius 2 is 1.16 bits per heavy atom. The largest absolute Gasteiger partial charge is 0.460 e. The predicted molar refractivity (Wildman–Crippen MR) is 64.8 cm³/mol. The zero-order valence-electron chi connectivity index (χ0n) is 10.2. The van der Waals surface area contributed by atoms with Gasteiger partial charge < -0.3 is 25.2 Å². The van der Waals surface area contributed by atoms with Gasteiger partial charge >= 0.3 is 11.9 Å². The quantitative estimate of drug-likeness (QED) is 0.650. The number of benzene rings is 1. The summed E-state index contributed by atoms with van der Waals surface area (Å²) in [7, 11) is 0. The van der Waals surface area contributed by atoms with E-state index in [9.17, 15) is 9.59 Å². The lowest BCUT2D eigenvalue weighted by molar-refractivity contribution is 0.0422. The minimum Gasteiger partial charge on any atom is -0.460 e. The van der Waals surface area contributed by atoms with Crippen LogP contribution >= 0.6 is 0 Å². The van der Waals surface area contributed by atoms with Crippen LogP contribution in [0.15, 0.2) is 24.3 Å². The molecule has 0 heterocycles. The van der Waals surface area contributed by atoms with E-state index in [1.807, 2.05) is 0 Å². The molecular weight excluding hydrogens is 256 g/mol. The molecule has 0 amide bonds. The van der Waals surface area contributed by atoms with Gasteiger partial charge in [-0.05, 0) is 24.3 Å². The maximum atomic E-state index is 11.4. The van der Waals surface area contributed by atoms with E-state index in [2.05, 4.69) is 0 Å². The number of carbonyl (C=O) groups excluding carboxylic acids is 2. The fourth-order valence-corrected chi connectivity index (χ4v) is 1.19. The monoisotopic (exact) mass is 272 g/mol. The van der Waals surface area contributed by atoms with Crippen molar-refractivity contribution in [1.29, 1.82) is 0 Å². The molecular formula is C12H16O7. The molecule has 1 aromatic rings. The highest BCUT2D eigenvalue weighted by Crippen LogP contribution is 2.07. The lowest BCUT2D eigenvalue weighted by Crippen LogP contribution is -2.11. The molecule has 0 fully saturated rings. The van der Waals surface area contributed by atoms with Crippen molar-refractivity contribution < 1.29 is 34.8 Å². The Hall–Kier alpha value is -1.96. The molecule has 0 aliphatic rings. The summed E-state index contributed by atoms with van der Waals surface area (Å²) in [6.45, 7) is -0.618. The number of rotatable bonds is 6. The second-order valence-electron chi connectivity index (χ2n) is 3.30. The van der Waals surface area contributed by atoms with E-state index >= 15 is 0 Å². The SMILES string of the molecule is O.O=C(OCCO)c1ccc(C(=O)OCCO)cc1. The van der Waals surface area contributed by atoms with E-state index in [4.69, 9.17) is 19.7 Å². The minimum absolute atomic E-state index is 0. The average molecular weight is 272 g/mol. The van der Waals surface area contributed by atoms with Gasteiger partial charge in [-0.3, -0.25) is 0 Å². The maximum absolute atomic E-state index is 11.4. The van der Waals surface area contributed by atoms with Crippen LogP contribution in [-0.2, 0) is 9.47 Å². The molecule has 1 rings (SSSR count). The van der Waals surface area contributed by atoms with Gasteiger partial charge in [-0.1, -0.05) is 0 Å². The molecule has 1 aromatic carbocycles. The Morgan fingerprint density at radius 3 is 1.42 bits per heavy atom. The van der Waals surface area contributed by atoms with Crippen LogP contribution in [-0.4, -0.2) is 54.1 Å². The normalized spacial score (nSPS) is 9.37. The smallest absolute Gasteiger partial charge is 0.338 e. The number of esters is 2. The van der Waals surface area contributed by atoms with E-state index in [1.54, 1.807) is 0 Å². The third kappa shape index (κ3) is 5.47. The van der Waals surface area contributed by atoms with Crippen molar-refractivity contribution in [3.05, 3.63) is 35.4 Å². The Balaban J connectivity index is 0.00000324. The molecule has 0 aliphatic heterocycles. The van der Waals surface area contributed by atoms with Crippen LogP contribution in [0.25, 0.3) is 0 Å². The lowest BCUT2D eigenvalue weighted by Gasteiger charge is -2.05. The summed E-state index contributed by atoms with van der Waals surface area (Å²) in [5.74, 6) is -1.14. The van der Waals surface area contributed by atoms with E-state index in [0.29, 0.717) is 0 Å².